The number of hydrogen-bond acceptors (Lipinski definition) is 4. The number of benzene rings is 2. The molecule has 7 nitrogen and oxygen atoms in total. The lowest BCUT2D eigenvalue weighted by Crippen LogP contribution is -2.14. The molecule has 0 aliphatic rings. The predicted octanol–water partition coefficient (Wildman–Crippen LogP) is 2.54. The average molecular weight is 356 g/mol. The van der Waals surface area contributed by atoms with Crippen molar-refractivity contribution in [2.24, 2.45) is 0 Å². The summed E-state index contributed by atoms with van der Waals surface area (Å²) in [4.78, 5) is 21.5. The molecule has 0 heterocycles. The van der Waals surface area contributed by atoms with E-state index in [0.717, 1.165) is 6.07 Å². The molecular weight excluding hydrogens is 346 g/mol. The second kappa shape index (κ2) is 6.27. The smallest absolute Gasteiger partial charge is 0.337 e. The second-order valence-corrected chi connectivity index (χ2v) is 6.52. The molecule has 0 fully saturated rings. The molecule has 0 amide bonds. The van der Waals surface area contributed by atoms with Gasteiger partial charge in [-0.2, -0.15) is 0 Å². The molecule has 3 N–H and O–H groups in total. The second-order valence-electron chi connectivity index (χ2n) is 4.43. The summed E-state index contributed by atoms with van der Waals surface area (Å²) in [7, 11) is -4.04. The summed E-state index contributed by atoms with van der Waals surface area (Å²) in [6.45, 7) is 0. The number of hydrogen-bond donors (Lipinski definition) is 3. The zero-order valence-corrected chi connectivity index (χ0v) is 12.9. The summed E-state index contributed by atoms with van der Waals surface area (Å²) in [5.74, 6) is -2.49. The van der Waals surface area contributed by atoms with E-state index in [0.29, 0.717) is 0 Å². The normalized spacial score (nSPS) is 11.0. The molecule has 0 atom stereocenters. The van der Waals surface area contributed by atoms with Gasteiger partial charge in [-0.15, -0.1) is 0 Å². The van der Waals surface area contributed by atoms with Crippen molar-refractivity contribution in [1.82, 2.24) is 0 Å². The number of carboxylic acid groups (broad SMARTS) is 2. The van der Waals surface area contributed by atoms with E-state index in [2.05, 4.69) is 4.72 Å². The first-order valence-electron chi connectivity index (χ1n) is 6.10. The van der Waals surface area contributed by atoms with Crippen LogP contribution in [-0.4, -0.2) is 30.6 Å². The van der Waals surface area contributed by atoms with E-state index in [1.807, 2.05) is 0 Å². The molecule has 0 unspecified atom stereocenters. The van der Waals surface area contributed by atoms with Crippen LogP contribution in [-0.2, 0) is 10.0 Å². The van der Waals surface area contributed by atoms with Gasteiger partial charge in [0.2, 0.25) is 0 Å². The highest BCUT2D eigenvalue weighted by atomic mass is 35.5. The van der Waals surface area contributed by atoms with Crippen LogP contribution in [0.4, 0.5) is 5.69 Å². The summed E-state index contributed by atoms with van der Waals surface area (Å²) >= 11 is 5.70. The third-order valence-electron chi connectivity index (χ3n) is 2.86. The van der Waals surface area contributed by atoms with Crippen molar-refractivity contribution in [2.45, 2.75) is 4.90 Å². The molecule has 2 rings (SSSR count). The lowest BCUT2D eigenvalue weighted by atomic mass is 10.2. The molecular formula is C14H10ClNO6S. The molecule has 120 valence electrons. The van der Waals surface area contributed by atoms with Gasteiger partial charge in [0, 0.05) is 5.69 Å². The number of sulfonamides is 1. The van der Waals surface area contributed by atoms with E-state index in [4.69, 9.17) is 21.8 Å². The number of carboxylic acids is 2. The largest absolute Gasteiger partial charge is 0.478 e. The van der Waals surface area contributed by atoms with Crippen molar-refractivity contribution in [1.29, 1.82) is 0 Å². The van der Waals surface area contributed by atoms with Gasteiger partial charge < -0.3 is 10.2 Å². The van der Waals surface area contributed by atoms with Crippen LogP contribution in [0.1, 0.15) is 20.7 Å². The molecule has 0 aliphatic heterocycles. The minimum atomic E-state index is -4.04. The minimum absolute atomic E-state index is 0.00704. The molecule has 0 spiro atoms. The third kappa shape index (κ3) is 3.79. The van der Waals surface area contributed by atoms with Crippen molar-refractivity contribution in [3.8, 4) is 0 Å². The van der Waals surface area contributed by atoms with E-state index < -0.39 is 22.0 Å². The fourth-order valence-corrected chi connectivity index (χ4v) is 3.01. The molecule has 9 heteroatoms. The Hall–Kier alpha value is -2.58. The number of halogens is 1. The number of rotatable bonds is 5. The Morgan fingerprint density at radius 3 is 2.09 bits per heavy atom. The highest BCUT2D eigenvalue weighted by molar-refractivity contribution is 7.92. The van der Waals surface area contributed by atoms with Gasteiger partial charge in [0.25, 0.3) is 10.0 Å². The summed E-state index contributed by atoms with van der Waals surface area (Å²) < 4.78 is 26.7. The first-order chi connectivity index (χ1) is 10.7. The maximum absolute atomic E-state index is 12.2. The fraction of sp³-hybridized carbons (Fsp3) is 0. The van der Waals surface area contributed by atoms with Crippen LogP contribution < -0.4 is 4.72 Å². The fourth-order valence-electron chi connectivity index (χ4n) is 1.73. The Balaban J connectivity index is 2.33. The SMILES string of the molecule is O=C(O)c1ccc(NS(=O)(=O)c2ccc(Cl)c(C(=O)O)c2)cc1. The van der Waals surface area contributed by atoms with Crippen LogP contribution in [0.15, 0.2) is 47.4 Å². The first kappa shape index (κ1) is 16.8. The molecule has 2 aromatic carbocycles. The lowest BCUT2D eigenvalue weighted by molar-refractivity contribution is 0.0686. The van der Waals surface area contributed by atoms with E-state index >= 15 is 0 Å². The molecule has 0 bridgehead atoms. The topological polar surface area (TPSA) is 121 Å². The van der Waals surface area contributed by atoms with Gasteiger partial charge in [0.15, 0.2) is 0 Å². The maximum atomic E-state index is 12.2. The molecule has 2 aromatic rings. The molecule has 0 radical (unpaired) electrons. The van der Waals surface area contributed by atoms with Crippen molar-refractivity contribution < 1.29 is 28.2 Å². The Kier molecular flexibility index (Phi) is 4.57. The van der Waals surface area contributed by atoms with Crippen molar-refractivity contribution in [3.63, 3.8) is 0 Å². The Morgan fingerprint density at radius 1 is 0.957 bits per heavy atom. The third-order valence-corrected chi connectivity index (χ3v) is 4.57. The van der Waals surface area contributed by atoms with Crippen LogP contribution in [0.25, 0.3) is 0 Å². The van der Waals surface area contributed by atoms with E-state index in [1.54, 1.807) is 0 Å². The summed E-state index contributed by atoms with van der Waals surface area (Å²) in [6, 6.07) is 8.34. The molecule has 0 aliphatic carbocycles. The predicted molar refractivity (Wildman–Crippen MR) is 82.6 cm³/mol. The summed E-state index contributed by atoms with van der Waals surface area (Å²) in [5, 5.41) is 17.7. The Bertz CT molecular complexity index is 877. The Labute approximate surface area is 136 Å². The van der Waals surface area contributed by atoms with Gasteiger partial charge in [0.1, 0.15) is 0 Å². The molecule has 0 aromatic heterocycles. The highest BCUT2D eigenvalue weighted by Gasteiger charge is 2.18. The standard InChI is InChI=1S/C14H10ClNO6S/c15-12-6-5-10(7-11(12)14(19)20)23(21,22)16-9-3-1-8(2-4-9)13(17)18/h1-7,16H,(H,17,18)(H,19,20). The van der Waals surface area contributed by atoms with Gasteiger partial charge in [0.05, 0.1) is 21.0 Å². The zero-order chi connectivity index (χ0) is 17.2. The van der Waals surface area contributed by atoms with Gasteiger partial charge in [-0.3, -0.25) is 4.72 Å². The number of anilines is 1. The van der Waals surface area contributed by atoms with Gasteiger partial charge in [-0.1, -0.05) is 11.6 Å². The van der Waals surface area contributed by atoms with Crippen LogP contribution in [0.2, 0.25) is 5.02 Å². The van der Waals surface area contributed by atoms with Crippen LogP contribution in [0.3, 0.4) is 0 Å². The zero-order valence-electron chi connectivity index (χ0n) is 11.4. The van der Waals surface area contributed by atoms with Crippen LogP contribution >= 0.6 is 11.6 Å². The number of nitrogens with one attached hydrogen (secondary N) is 1. The lowest BCUT2D eigenvalue weighted by Gasteiger charge is -2.09. The summed E-state index contributed by atoms with van der Waals surface area (Å²) in [5.41, 5.74) is -0.190. The number of carbonyl (C=O) groups is 2. The Morgan fingerprint density at radius 2 is 1.57 bits per heavy atom. The first-order valence-corrected chi connectivity index (χ1v) is 7.96. The van der Waals surface area contributed by atoms with Gasteiger partial charge in [-0.05, 0) is 42.5 Å². The average Bonchev–Trinajstić information content (AvgIpc) is 2.47. The van der Waals surface area contributed by atoms with E-state index in [1.165, 1.54) is 36.4 Å². The summed E-state index contributed by atoms with van der Waals surface area (Å²) in [6.07, 6.45) is 0. The van der Waals surface area contributed by atoms with Crippen LogP contribution in [0.5, 0.6) is 0 Å². The van der Waals surface area contributed by atoms with E-state index in [9.17, 15) is 18.0 Å². The van der Waals surface area contributed by atoms with Crippen molar-refractivity contribution in [2.75, 3.05) is 4.72 Å². The monoisotopic (exact) mass is 355 g/mol. The quantitative estimate of drug-likeness (QED) is 0.757. The van der Waals surface area contributed by atoms with E-state index in [-0.39, 0.29) is 26.7 Å². The molecule has 0 saturated carbocycles. The van der Waals surface area contributed by atoms with Crippen molar-refractivity contribution in [3.05, 3.63) is 58.6 Å². The minimum Gasteiger partial charge on any atom is -0.478 e. The highest BCUT2D eigenvalue weighted by Crippen LogP contribution is 2.22. The van der Waals surface area contributed by atoms with Crippen molar-refractivity contribution >= 4 is 39.3 Å². The number of aromatic carboxylic acids is 2. The molecule has 23 heavy (non-hydrogen) atoms. The maximum Gasteiger partial charge on any atom is 0.337 e. The van der Waals surface area contributed by atoms with Gasteiger partial charge >= 0.3 is 11.9 Å². The van der Waals surface area contributed by atoms with Crippen LogP contribution in [0, 0.1) is 0 Å². The van der Waals surface area contributed by atoms with Gasteiger partial charge in [-0.25, -0.2) is 18.0 Å². The molecule has 0 saturated heterocycles.